The third-order valence-electron chi connectivity index (χ3n) is 2.23. The van der Waals surface area contributed by atoms with E-state index in [0.717, 1.165) is 8.66 Å². The Labute approximate surface area is 122 Å². The average molecular weight is 346 g/mol. The summed E-state index contributed by atoms with van der Waals surface area (Å²) in [5.74, 6) is -0.186. The maximum Gasteiger partial charge on any atom is 0.251 e. The normalized spacial score (nSPS) is 10.3. The number of hydrogen-bond donors (Lipinski definition) is 2. The van der Waals surface area contributed by atoms with Crippen molar-refractivity contribution in [1.82, 2.24) is 5.32 Å². The third-order valence-corrected chi connectivity index (χ3v) is 4.08. The number of carbonyl (C=O) groups excluding carboxylic acids is 1. The molecule has 0 aliphatic rings. The second-order valence-electron chi connectivity index (χ2n) is 3.66. The molecule has 18 heavy (non-hydrogen) atoms. The molecule has 2 rings (SSSR count). The van der Waals surface area contributed by atoms with Crippen LogP contribution in [0.1, 0.15) is 15.2 Å². The zero-order chi connectivity index (χ0) is 13.1. The molecular formula is C12H10BrClN2OS. The largest absolute Gasteiger partial charge is 0.399 e. The van der Waals surface area contributed by atoms with Crippen molar-refractivity contribution in [2.24, 2.45) is 0 Å². The lowest BCUT2D eigenvalue weighted by Crippen LogP contribution is -2.22. The fourth-order valence-electron chi connectivity index (χ4n) is 1.46. The highest BCUT2D eigenvalue weighted by molar-refractivity contribution is 9.11. The summed E-state index contributed by atoms with van der Waals surface area (Å²) in [4.78, 5) is 13.0. The molecule has 3 nitrogen and oxygen atoms in total. The molecule has 0 aliphatic heterocycles. The number of carbonyl (C=O) groups is 1. The van der Waals surface area contributed by atoms with E-state index in [4.69, 9.17) is 17.3 Å². The average Bonchev–Trinajstić information content (AvgIpc) is 2.70. The lowest BCUT2D eigenvalue weighted by Gasteiger charge is -2.05. The van der Waals surface area contributed by atoms with E-state index >= 15 is 0 Å². The first kappa shape index (κ1) is 13.4. The third kappa shape index (κ3) is 3.48. The molecule has 0 saturated heterocycles. The molecule has 2 aromatic rings. The molecule has 0 unspecified atom stereocenters. The molecule has 1 aromatic heterocycles. The highest BCUT2D eigenvalue weighted by Gasteiger charge is 2.08. The summed E-state index contributed by atoms with van der Waals surface area (Å²) in [5.41, 5.74) is 6.59. The smallest absolute Gasteiger partial charge is 0.251 e. The Morgan fingerprint density at radius 3 is 2.78 bits per heavy atom. The van der Waals surface area contributed by atoms with Crippen molar-refractivity contribution in [1.29, 1.82) is 0 Å². The van der Waals surface area contributed by atoms with Gasteiger partial charge in [0.25, 0.3) is 5.91 Å². The zero-order valence-electron chi connectivity index (χ0n) is 9.24. The van der Waals surface area contributed by atoms with E-state index in [0.29, 0.717) is 22.8 Å². The quantitative estimate of drug-likeness (QED) is 0.834. The molecule has 0 radical (unpaired) electrons. The van der Waals surface area contributed by atoms with Gasteiger partial charge in [-0.3, -0.25) is 4.79 Å². The molecule has 6 heteroatoms. The van der Waals surface area contributed by atoms with Crippen LogP contribution < -0.4 is 11.1 Å². The van der Waals surface area contributed by atoms with Gasteiger partial charge in [0, 0.05) is 21.2 Å². The lowest BCUT2D eigenvalue weighted by molar-refractivity contribution is 0.0951. The van der Waals surface area contributed by atoms with E-state index in [2.05, 4.69) is 21.2 Å². The Bertz CT molecular complexity index is 565. The van der Waals surface area contributed by atoms with Crippen LogP contribution in [0.25, 0.3) is 0 Å². The van der Waals surface area contributed by atoms with Crippen LogP contribution in [0.2, 0.25) is 5.02 Å². The fourth-order valence-corrected chi connectivity index (χ4v) is 3.13. The molecule has 0 fully saturated rings. The Morgan fingerprint density at radius 2 is 2.17 bits per heavy atom. The molecule has 0 atom stereocenters. The molecule has 94 valence electrons. The van der Waals surface area contributed by atoms with Gasteiger partial charge in [-0.15, -0.1) is 11.3 Å². The van der Waals surface area contributed by atoms with Crippen LogP contribution in [-0.4, -0.2) is 5.91 Å². The van der Waals surface area contributed by atoms with Gasteiger partial charge in [-0.1, -0.05) is 11.6 Å². The molecule has 3 N–H and O–H groups in total. The molecule has 1 aromatic carbocycles. The van der Waals surface area contributed by atoms with Gasteiger partial charge in [-0.25, -0.2) is 0 Å². The van der Waals surface area contributed by atoms with E-state index in [1.807, 2.05) is 12.1 Å². The molecule has 0 bridgehead atoms. The van der Waals surface area contributed by atoms with Crippen LogP contribution >= 0.6 is 38.9 Å². The van der Waals surface area contributed by atoms with Crippen molar-refractivity contribution in [2.75, 3.05) is 5.73 Å². The van der Waals surface area contributed by atoms with Gasteiger partial charge in [-0.05, 0) is 46.3 Å². The zero-order valence-corrected chi connectivity index (χ0v) is 12.4. The number of rotatable bonds is 3. The SMILES string of the molecule is Nc1cc(Cl)cc(C(=O)NCc2ccc(Br)s2)c1. The van der Waals surface area contributed by atoms with E-state index in [9.17, 15) is 4.79 Å². The minimum absolute atomic E-state index is 0.186. The number of anilines is 1. The van der Waals surface area contributed by atoms with Crippen LogP contribution in [0.4, 0.5) is 5.69 Å². The first-order chi connectivity index (χ1) is 8.54. The van der Waals surface area contributed by atoms with Crippen molar-refractivity contribution in [3.8, 4) is 0 Å². The summed E-state index contributed by atoms with van der Waals surface area (Å²) < 4.78 is 1.04. The van der Waals surface area contributed by atoms with Crippen molar-refractivity contribution in [2.45, 2.75) is 6.54 Å². The number of amides is 1. The van der Waals surface area contributed by atoms with Crippen molar-refractivity contribution in [3.05, 3.63) is 49.6 Å². The highest BCUT2D eigenvalue weighted by Crippen LogP contribution is 2.22. The van der Waals surface area contributed by atoms with Crippen LogP contribution in [0.5, 0.6) is 0 Å². The Morgan fingerprint density at radius 1 is 1.39 bits per heavy atom. The van der Waals surface area contributed by atoms with E-state index < -0.39 is 0 Å². The topological polar surface area (TPSA) is 55.1 Å². The Balaban J connectivity index is 2.03. The minimum atomic E-state index is -0.186. The molecular weight excluding hydrogens is 336 g/mol. The van der Waals surface area contributed by atoms with Crippen LogP contribution in [-0.2, 0) is 6.54 Å². The lowest BCUT2D eigenvalue weighted by atomic mass is 10.2. The maximum absolute atomic E-state index is 11.9. The monoisotopic (exact) mass is 344 g/mol. The maximum atomic E-state index is 11.9. The molecule has 1 amide bonds. The first-order valence-corrected chi connectivity index (χ1v) is 7.12. The number of nitrogens with two attached hydrogens (primary N) is 1. The number of hydrogen-bond acceptors (Lipinski definition) is 3. The molecule has 0 spiro atoms. The molecule has 0 saturated carbocycles. The summed E-state index contributed by atoms with van der Waals surface area (Å²) in [6, 6.07) is 8.71. The van der Waals surface area contributed by atoms with Gasteiger partial charge in [0.1, 0.15) is 0 Å². The summed E-state index contributed by atoms with van der Waals surface area (Å²) in [7, 11) is 0. The van der Waals surface area contributed by atoms with Crippen molar-refractivity contribution < 1.29 is 4.79 Å². The number of nitrogens with one attached hydrogen (secondary N) is 1. The highest BCUT2D eigenvalue weighted by atomic mass is 79.9. The first-order valence-electron chi connectivity index (χ1n) is 5.13. The number of halogens is 2. The standard InChI is InChI=1S/C12H10BrClN2OS/c13-11-2-1-10(18-11)6-16-12(17)7-3-8(14)5-9(15)4-7/h1-5H,6,15H2,(H,16,17). The summed E-state index contributed by atoms with van der Waals surface area (Å²) in [5, 5.41) is 3.28. The summed E-state index contributed by atoms with van der Waals surface area (Å²) in [6.07, 6.45) is 0. The van der Waals surface area contributed by atoms with Crippen LogP contribution in [0, 0.1) is 0 Å². The Kier molecular flexibility index (Phi) is 4.27. The van der Waals surface area contributed by atoms with Gasteiger partial charge >= 0.3 is 0 Å². The van der Waals surface area contributed by atoms with Crippen molar-refractivity contribution >= 4 is 50.5 Å². The van der Waals surface area contributed by atoms with Gasteiger partial charge < -0.3 is 11.1 Å². The van der Waals surface area contributed by atoms with Gasteiger partial charge in [-0.2, -0.15) is 0 Å². The number of nitrogen functional groups attached to an aromatic ring is 1. The number of thiophene rings is 1. The summed E-state index contributed by atoms with van der Waals surface area (Å²) >= 11 is 10.8. The van der Waals surface area contributed by atoms with E-state index in [1.54, 1.807) is 29.5 Å². The van der Waals surface area contributed by atoms with Gasteiger partial charge in [0.2, 0.25) is 0 Å². The second-order valence-corrected chi connectivity index (χ2v) is 6.65. The van der Waals surface area contributed by atoms with Crippen LogP contribution in [0.3, 0.4) is 0 Å². The predicted octanol–water partition coefficient (Wildman–Crippen LogP) is 3.68. The van der Waals surface area contributed by atoms with E-state index in [-0.39, 0.29) is 5.91 Å². The number of benzene rings is 1. The minimum Gasteiger partial charge on any atom is -0.399 e. The summed E-state index contributed by atoms with van der Waals surface area (Å²) in [6.45, 7) is 0.488. The van der Waals surface area contributed by atoms with Crippen LogP contribution in [0.15, 0.2) is 34.1 Å². The van der Waals surface area contributed by atoms with Crippen molar-refractivity contribution in [3.63, 3.8) is 0 Å². The van der Waals surface area contributed by atoms with Gasteiger partial charge in [0.15, 0.2) is 0 Å². The fraction of sp³-hybridized carbons (Fsp3) is 0.0833. The van der Waals surface area contributed by atoms with Gasteiger partial charge in [0.05, 0.1) is 10.3 Å². The predicted molar refractivity (Wildman–Crippen MR) is 79.1 cm³/mol. The molecule has 1 heterocycles. The Hall–Kier alpha value is -1.04. The second kappa shape index (κ2) is 5.73. The van der Waals surface area contributed by atoms with E-state index in [1.165, 1.54) is 0 Å². The molecule has 0 aliphatic carbocycles.